The monoisotopic (exact) mass is 638 g/mol. The molecule has 0 atom stereocenters. The summed E-state index contributed by atoms with van der Waals surface area (Å²) in [7, 11) is 0. The summed E-state index contributed by atoms with van der Waals surface area (Å²) in [6.07, 6.45) is 1.90. The Kier molecular flexibility index (Phi) is 5.63. The van der Waals surface area contributed by atoms with Crippen LogP contribution in [0.2, 0.25) is 0 Å². The molecule has 0 amide bonds. The van der Waals surface area contributed by atoms with Gasteiger partial charge in [0.1, 0.15) is 22.3 Å². The molecule has 232 valence electrons. The summed E-state index contributed by atoms with van der Waals surface area (Å²) in [5, 5.41) is 8.73. The molecular formula is C46H26N2O2. The number of nitrogens with zero attached hydrogens (tertiary/aromatic N) is 2. The first-order chi connectivity index (χ1) is 24.8. The Morgan fingerprint density at radius 3 is 1.84 bits per heavy atom. The van der Waals surface area contributed by atoms with Gasteiger partial charge in [0.15, 0.2) is 0 Å². The molecule has 0 aliphatic carbocycles. The molecule has 3 aromatic heterocycles. The highest BCUT2D eigenvalue weighted by Gasteiger charge is 2.22. The largest absolute Gasteiger partial charge is 0.455 e. The molecule has 0 saturated carbocycles. The van der Waals surface area contributed by atoms with Gasteiger partial charge in [-0.25, -0.2) is 4.98 Å². The zero-order chi connectivity index (χ0) is 32.8. The second kappa shape index (κ2) is 10.4. The first kappa shape index (κ1) is 27.2. The van der Waals surface area contributed by atoms with Gasteiger partial charge in [0.2, 0.25) is 0 Å². The van der Waals surface area contributed by atoms with Gasteiger partial charge in [-0.05, 0) is 40.1 Å². The van der Waals surface area contributed by atoms with Gasteiger partial charge in [0.25, 0.3) is 0 Å². The van der Waals surface area contributed by atoms with Crippen molar-refractivity contribution in [2.45, 2.75) is 0 Å². The van der Waals surface area contributed by atoms with Crippen molar-refractivity contribution in [2.75, 3.05) is 0 Å². The Balaban J connectivity index is 1.18. The zero-order valence-electron chi connectivity index (χ0n) is 26.7. The lowest BCUT2D eigenvalue weighted by molar-refractivity contribution is 0.664. The van der Waals surface area contributed by atoms with Gasteiger partial charge in [0, 0.05) is 43.6 Å². The predicted molar refractivity (Wildman–Crippen MR) is 205 cm³/mol. The van der Waals surface area contributed by atoms with Crippen LogP contribution >= 0.6 is 0 Å². The van der Waals surface area contributed by atoms with Crippen LogP contribution < -0.4 is 0 Å². The summed E-state index contributed by atoms with van der Waals surface area (Å²) in [6.45, 7) is 0. The molecule has 50 heavy (non-hydrogen) atoms. The topological polar surface area (TPSA) is 52.1 Å². The lowest BCUT2D eigenvalue weighted by Gasteiger charge is -2.11. The molecule has 0 aliphatic rings. The van der Waals surface area contributed by atoms with Crippen molar-refractivity contribution in [1.82, 2.24) is 9.97 Å². The lowest BCUT2D eigenvalue weighted by Crippen LogP contribution is -1.92. The summed E-state index contributed by atoms with van der Waals surface area (Å²) < 4.78 is 13.5. The Bertz CT molecular complexity index is 3120. The van der Waals surface area contributed by atoms with Gasteiger partial charge in [-0.2, -0.15) is 0 Å². The summed E-state index contributed by atoms with van der Waals surface area (Å²) in [4.78, 5) is 10.3. The molecule has 4 nitrogen and oxygen atoms in total. The standard InChI is InChI=1S/C46H26N2O2/c1-2-12-27(13-3-1)30-21-11-22-36-41-45(50-44(30)36)37(25-38-33-18-8-9-23-40(33)49-46(38)41)28-14-10-15-29(24-28)39-26-47-42-34-19-6-4-16-31(34)32-17-5-7-20-35(32)43(42)48-39/h1-26H. The average Bonchev–Trinajstić information content (AvgIpc) is 3.77. The number of para-hydroxylation sites is 2. The van der Waals surface area contributed by atoms with Crippen molar-refractivity contribution in [3.63, 3.8) is 0 Å². The van der Waals surface area contributed by atoms with Gasteiger partial charge in [0.05, 0.1) is 28.3 Å². The molecule has 0 N–H and O–H groups in total. The van der Waals surface area contributed by atoms with E-state index in [9.17, 15) is 0 Å². The average molecular weight is 639 g/mol. The third-order valence-corrected chi connectivity index (χ3v) is 10.1. The van der Waals surface area contributed by atoms with E-state index in [4.69, 9.17) is 18.8 Å². The summed E-state index contributed by atoms with van der Waals surface area (Å²) in [5.74, 6) is 0. The molecule has 11 aromatic rings. The van der Waals surface area contributed by atoms with Gasteiger partial charge in [-0.3, -0.25) is 4.98 Å². The molecule has 0 bridgehead atoms. The fraction of sp³-hybridized carbons (Fsp3) is 0. The maximum atomic E-state index is 6.93. The third-order valence-electron chi connectivity index (χ3n) is 10.1. The maximum absolute atomic E-state index is 6.93. The van der Waals surface area contributed by atoms with E-state index >= 15 is 0 Å². The predicted octanol–water partition coefficient (Wildman–Crippen LogP) is 12.7. The maximum Gasteiger partial charge on any atom is 0.147 e. The highest BCUT2D eigenvalue weighted by molar-refractivity contribution is 6.26. The van der Waals surface area contributed by atoms with Crippen molar-refractivity contribution in [2.24, 2.45) is 0 Å². The van der Waals surface area contributed by atoms with E-state index in [0.29, 0.717) is 0 Å². The van der Waals surface area contributed by atoms with Crippen LogP contribution in [0.1, 0.15) is 0 Å². The van der Waals surface area contributed by atoms with Gasteiger partial charge in [-0.1, -0.05) is 133 Å². The van der Waals surface area contributed by atoms with Crippen LogP contribution in [0.4, 0.5) is 0 Å². The Labute approximate surface area is 285 Å². The molecule has 4 heteroatoms. The minimum atomic E-state index is 0.800. The molecule has 8 aromatic carbocycles. The Morgan fingerprint density at radius 2 is 1.02 bits per heavy atom. The summed E-state index contributed by atoms with van der Waals surface area (Å²) >= 11 is 0. The van der Waals surface area contributed by atoms with Crippen LogP contribution in [-0.2, 0) is 0 Å². The minimum absolute atomic E-state index is 0.800. The number of fused-ring (bicyclic) bond motifs is 13. The Morgan fingerprint density at radius 1 is 0.380 bits per heavy atom. The molecular weight excluding hydrogens is 613 g/mol. The molecule has 3 heterocycles. The number of hydrogen-bond acceptors (Lipinski definition) is 4. The van der Waals surface area contributed by atoms with Crippen LogP contribution in [0.3, 0.4) is 0 Å². The summed E-state index contributed by atoms with van der Waals surface area (Å²) in [5.41, 5.74) is 11.2. The molecule has 0 spiro atoms. The number of benzene rings is 8. The zero-order valence-corrected chi connectivity index (χ0v) is 26.7. The Hall–Kier alpha value is -6.78. The second-order valence-corrected chi connectivity index (χ2v) is 12.9. The van der Waals surface area contributed by atoms with E-state index in [0.717, 1.165) is 99.2 Å². The molecule has 0 fully saturated rings. The van der Waals surface area contributed by atoms with Crippen molar-refractivity contribution < 1.29 is 8.83 Å². The first-order valence-corrected chi connectivity index (χ1v) is 16.8. The van der Waals surface area contributed by atoms with Crippen molar-refractivity contribution in [1.29, 1.82) is 0 Å². The lowest BCUT2D eigenvalue weighted by atomic mass is 9.96. The van der Waals surface area contributed by atoms with E-state index < -0.39 is 0 Å². The first-order valence-electron chi connectivity index (χ1n) is 16.8. The number of furan rings is 2. The SMILES string of the molecule is c1ccc(-c2cccc3c2oc2c(-c4cccc(-c5cnc6c7ccccc7c7ccccc7c6n5)c4)cc4c5ccccc5oc4c23)cc1. The molecule has 0 unspecified atom stereocenters. The van der Waals surface area contributed by atoms with E-state index in [1.807, 2.05) is 24.4 Å². The van der Waals surface area contributed by atoms with E-state index in [2.05, 4.69) is 133 Å². The van der Waals surface area contributed by atoms with Crippen LogP contribution in [0.15, 0.2) is 167 Å². The molecule has 0 aliphatic heterocycles. The van der Waals surface area contributed by atoms with E-state index in [-0.39, 0.29) is 0 Å². The van der Waals surface area contributed by atoms with Crippen LogP contribution in [0, 0.1) is 0 Å². The van der Waals surface area contributed by atoms with Crippen LogP contribution in [0.5, 0.6) is 0 Å². The highest BCUT2D eigenvalue weighted by atomic mass is 16.3. The fourth-order valence-corrected chi connectivity index (χ4v) is 7.81. The van der Waals surface area contributed by atoms with Gasteiger partial charge >= 0.3 is 0 Å². The molecule has 11 rings (SSSR count). The van der Waals surface area contributed by atoms with E-state index in [1.165, 1.54) is 10.8 Å². The minimum Gasteiger partial charge on any atom is -0.455 e. The summed E-state index contributed by atoms with van der Waals surface area (Å²) in [6, 6.07) is 52.7. The highest BCUT2D eigenvalue weighted by Crippen LogP contribution is 2.46. The number of rotatable bonds is 3. The number of hydrogen-bond donors (Lipinski definition) is 0. The van der Waals surface area contributed by atoms with E-state index in [1.54, 1.807) is 0 Å². The van der Waals surface area contributed by atoms with Crippen molar-refractivity contribution >= 4 is 76.5 Å². The normalized spacial score (nSPS) is 12.0. The van der Waals surface area contributed by atoms with Crippen molar-refractivity contribution in [3.05, 3.63) is 158 Å². The quantitative estimate of drug-likeness (QED) is 0.181. The van der Waals surface area contributed by atoms with Crippen molar-refractivity contribution in [3.8, 4) is 33.5 Å². The third kappa shape index (κ3) is 3.87. The second-order valence-electron chi connectivity index (χ2n) is 12.9. The van der Waals surface area contributed by atoms with Gasteiger partial charge < -0.3 is 8.83 Å². The smallest absolute Gasteiger partial charge is 0.147 e. The van der Waals surface area contributed by atoms with Crippen LogP contribution in [-0.4, -0.2) is 9.97 Å². The van der Waals surface area contributed by atoms with Gasteiger partial charge in [-0.15, -0.1) is 0 Å². The fourth-order valence-electron chi connectivity index (χ4n) is 7.81. The van der Waals surface area contributed by atoms with Crippen LogP contribution in [0.25, 0.3) is 110 Å². The molecule has 0 saturated heterocycles. The number of aromatic nitrogens is 2. The molecule has 0 radical (unpaired) electrons.